The maximum Gasteiger partial charge on any atom is -0.0182 e. The molecule has 0 bridgehead atoms. The Labute approximate surface area is 113 Å². The summed E-state index contributed by atoms with van der Waals surface area (Å²) in [6.07, 6.45) is 10.9. The number of benzene rings is 1. The van der Waals surface area contributed by atoms with Crippen molar-refractivity contribution >= 4 is 0 Å². The normalized spacial score (nSPS) is 18.1. The van der Waals surface area contributed by atoms with Crippen LogP contribution in [0.3, 0.4) is 0 Å². The van der Waals surface area contributed by atoms with Crippen LogP contribution in [0.1, 0.15) is 80.5 Å². The molecule has 0 radical (unpaired) electrons. The Morgan fingerprint density at radius 1 is 1.11 bits per heavy atom. The zero-order chi connectivity index (χ0) is 13.0. The number of rotatable bonds is 6. The number of fused-ring (bicyclic) bond motifs is 1. The van der Waals surface area contributed by atoms with Crippen molar-refractivity contribution in [2.75, 3.05) is 0 Å². The van der Waals surface area contributed by atoms with Crippen molar-refractivity contribution in [3.63, 3.8) is 0 Å². The standard InChI is InChI=1S/C18H28/c1-4-5-6-7-8-9-16-12-15(3)18-14(2)10-11-17(18)13-16/h12-14H,4-11H2,1-3H3. The number of hydrogen-bond acceptors (Lipinski definition) is 0. The van der Waals surface area contributed by atoms with E-state index in [0.29, 0.717) is 0 Å². The Kier molecular flexibility index (Phi) is 4.86. The molecule has 1 unspecified atom stereocenters. The first-order chi connectivity index (χ1) is 8.72. The summed E-state index contributed by atoms with van der Waals surface area (Å²) < 4.78 is 0. The van der Waals surface area contributed by atoms with Gasteiger partial charge in [0.1, 0.15) is 0 Å². The zero-order valence-corrected chi connectivity index (χ0v) is 12.4. The lowest BCUT2D eigenvalue weighted by molar-refractivity contribution is 0.632. The van der Waals surface area contributed by atoms with Gasteiger partial charge in [0.15, 0.2) is 0 Å². The van der Waals surface area contributed by atoms with Crippen LogP contribution in [-0.4, -0.2) is 0 Å². The molecule has 18 heavy (non-hydrogen) atoms. The van der Waals surface area contributed by atoms with Crippen molar-refractivity contribution in [3.05, 3.63) is 34.4 Å². The van der Waals surface area contributed by atoms with Crippen molar-refractivity contribution in [2.45, 2.75) is 78.1 Å². The number of aryl methyl sites for hydroxylation is 3. The molecule has 1 aliphatic rings. The first-order valence-electron chi connectivity index (χ1n) is 7.84. The van der Waals surface area contributed by atoms with Crippen LogP contribution >= 0.6 is 0 Å². The molecule has 0 aliphatic heterocycles. The van der Waals surface area contributed by atoms with Crippen molar-refractivity contribution in [1.82, 2.24) is 0 Å². The Balaban J connectivity index is 1.93. The molecule has 0 saturated carbocycles. The quantitative estimate of drug-likeness (QED) is 0.575. The molecule has 1 aromatic carbocycles. The Bertz CT molecular complexity index is 389. The van der Waals surface area contributed by atoms with Gasteiger partial charge < -0.3 is 0 Å². The second-order valence-corrected chi connectivity index (χ2v) is 6.09. The third kappa shape index (κ3) is 3.16. The van der Waals surface area contributed by atoms with Crippen molar-refractivity contribution in [3.8, 4) is 0 Å². The van der Waals surface area contributed by atoms with E-state index in [0.717, 1.165) is 5.92 Å². The van der Waals surface area contributed by atoms with Crippen LogP contribution in [0.5, 0.6) is 0 Å². The monoisotopic (exact) mass is 244 g/mol. The molecular formula is C18H28. The molecule has 0 aromatic heterocycles. The van der Waals surface area contributed by atoms with E-state index in [9.17, 15) is 0 Å². The van der Waals surface area contributed by atoms with E-state index in [1.165, 1.54) is 51.4 Å². The fourth-order valence-electron chi connectivity index (χ4n) is 3.46. The lowest BCUT2D eigenvalue weighted by Crippen LogP contribution is -1.95. The predicted molar refractivity (Wildman–Crippen MR) is 80.4 cm³/mol. The molecule has 0 saturated heterocycles. The summed E-state index contributed by atoms with van der Waals surface area (Å²) in [7, 11) is 0. The Morgan fingerprint density at radius 2 is 1.89 bits per heavy atom. The Hall–Kier alpha value is -0.780. The van der Waals surface area contributed by atoms with Crippen LogP contribution in [-0.2, 0) is 12.8 Å². The highest BCUT2D eigenvalue weighted by molar-refractivity contribution is 5.43. The topological polar surface area (TPSA) is 0 Å². The van der Waals surface area contributed by atoms with Gasteiger partial charge in [-0.05, 0) is 60.8 Å². The van der Waals surface area contributed by atoms with Crippen LogP contribution in [0.15, 0.2) is 12.1 Å². The Morgan fingerprint density at radius 3 is 2.67 bits per heavy atom. The van der Waals surface area contributed by atoms with Crippen molar-refractivity contribution < 1.29 is 0 Å². The summed E-state index contributed by atoms with van der Waals surface area (Å²) in [4.78, 5) is 0. The smallest absolute Gasteiger partial charge is 0.0182 e. The highest BCUT2D eigenvalue weighted by atomic mass is 14.3. The van der Waals surface area contributed by atoms with Gasteiger partial charge in [-0.25, -0.2) is 0 Å². The van der Waals surface area contributed by atoms with Crippen LogP contribution in [0, 0.1) is 6.92 Å². The van der Waals surface area contributed by atoms with Gasteiger partial charge in [-0.2, -0.15) is 0 Å². The fourth-order valence-corrected chi connectivity index (χ4v) is 3.46. The molecule has 0 fully saturated rings. The molecule has 1 aromatic rings. The van der Waals surface area contributed by atoms with Gasteiger partial charge in [-0.15, -0.1) is 0 Å². The minimum atomic E-state index is 0.790. The number of unbranched alkanes of at least 4 members (excludes halogenated alkanes) is 4. The lowest BCUT2D eigenvalue weighted by atomic mass is 9.94. The molecule has 0 heteroatoms. The van der Waals surface area contributed by atoms with Crippen LogP contribution < -0.4 is 0 Å². The average molecular weight is 244 g/mol. The van der Waals surface area contributed by atoms with Crippen LogP contribution in [0.2, 0.25) is 0 Å². The van der Waals surface area contributed by atoms with Gasteiger partial charge in [-0.1, -0.05) is 51.7 Å². The van der Waals surface area contributed by atoms with Gasteiger partial charge in [0.25, 0.3) is 0 Å². The van der Waals surface area contributed by atoms with E-state index in [1.807, 2.05) is 0 Å². The van der Waals surface area contributed by atoms with E-state index in [4.69, 9.17) is 0 Å². The summed E-state index contributed by atoms with van der Waals surface area (Å²) >= 11 is 0. The molecule has 0 amide bonds. The van der Waals surface area contributed by atoms with Crippen LogP contribution in [0.25, 0.3) is 0 Å². The SMILES string of the molecule is CCCCCCCc1cc(C)c2c(c1)CCC2C. The first-order valence-corrected chi connectivity index (χ1v) is 7.84. The zero-order valence-electron chi connectivity index (χ0n) is 12.4. The highest BCUT2D eigenvalue weighted by Crippen LogP contribution is 2.35. The van der Waals surface area contributed by atoms with E-state index in [2.05, 4.69) is 32.9 Å². The van der Waals surface area contributed by atoms with Gasteiger partial charge in [0, 0.05) is 0 Å². The van der Waals surface area contributed by atoms with E-state index >= 15 is 0 Å². The fraction of sp³-hybridized carbons (Fsp3) is 0.667. The van der Waals surface area contributed by atoms with Crippen LogP contribution in [0.4, 0.5) is 0 Å². The molecule has 1 atom stereocenters. The largest absolute Gasteiger partial charge is 0.0654 e. The van der Waals surface area contributed by atoms with Crippen molar-refractivity contribution in [1.29, 1.82) is 0 Å². The highest BCUT2D eigenvalue weighted by Gasteiger charge is 2.20. The van der Waals surface area contributed by atoms with Crippen molar-refractivity contribution in [2.24, 2.45) is 0 Å². The van der Waals surface area contributed by atoms with E-state index in [1.54, 1.807) is 22.3 Å². The maximum atomic E-state index is 2.49. The van der Waals surface area contributed by atoms with Gasteiger partial charge in [0.05, 0.1) is 0 Å². The second-order valence-electron chi connectivity index (χ2n) is 6.09. The third-order valence-corrected chi connectivity index (χ3v) is 4.44. The average Bonchev–Trinajstić information content (AvgIpc) is 2.71. The minimum absolute atomic E-state index is 0.790. The second kappa shape index (κ2) is 6.41. The molecule has 0 nitrogen and oxygen atoms in total. The number of hydrogen-bond donors (Lipinski definition) is 0. The summed E-state index contributed by atoms with van der Waals surface area (Å²) in [5, 5.41) is 0. The molecule has 100 valence electrons. The van der Waals surface area contributed by atoms with E-state index in [-0.39, 0.29) is 0 Å². The summed E-state index contributed by atoms with van der Waals surface area (Å²) in [6.45, 7) is 6.97. The maximum absolute atomic E-state index is 2.49. The predicted octanol–water partition coefficient (Wildman–Crippen LogP) is 5.56. The lowest BCUT2D eigenvalue weighted by Gasteiger charge is -2.11. The van der Waals surface area contributed by atoms with Gasteiger partial charge in [-0.3, -0.25) is 0 Å². The molecule has 0 heterocycles. The summed E-state index contributed by atoms with van der Waals surface area (Å²) in [5.41, 5.74) is 6.42. The molecule has 1 aliphatic carbocycles. The molecular weight excluding hydrogens is 216 g/mol. The summed E-state index contributed by atoms with van der Waals surface area (Å²) in [6, 6.07) is 4.94. The third-order valence-electron chi connectivity index (χ3n) is 4.44. The van der Waals surface area contributed by atoms with Gasteiger partial charge >= 0.3 is 0 Å². The molecule has 0 N–H and O–H groups in total. The first kappa shape index (κ1) is 13.6. The van der Waals surface area contributed by atoms with Gasteiger partial charge in [0.2, 0.25) is 0 Å². The van der Waals surface area contributed by atoms with E-state index < -0.39 is 0 Å². The minimum Gasteiger partial charge on any atom is -0.0654 e. The molecule has 2 rings (SSSR count). The summed E-state index contributed by atoms with van der Waals surface area (Å²) in [5.74, 6) is 0.790. The molecule has 0 spiro atoms.